The SMILES string of the molecule is CCCC[C@H](F)C(=O)O[C@H]1CC[C@H](c2ccc(OC(=O)c3ccc(OCCC)cc3)cc2)CC1. The van der Waals surface area contributed by atoms with E-state index in [9.17, 15) is 14.0 Å². The maximum absolute atomic E-state index is 13.9. The number of ether oxygens (including phenoxy) is 3. The van der Waals surface area contributed by atoms with Gasteiger partial charge in [0.15, 0.2) is 6.17 Å². The van der Waals surface area contributed by atoms with Gasteiger partial charge in [0.25, 0.3) is 0 Å². The lowest BCUT2D eigenvalue weighted by Crippen LogP contribution is -2.28. The number of rotatable bonds is 11. The zero-order chi connectivity index (χ0) is 24.3. The molecular formula is C28H35FO5. The van der Waals surface area contributed by atoms with Crippen LogP contribution >= 0.6 is 0 Å². The molecule has 0 unspecified atom stereocenters. The Bertz CT molecular complexity index is 901. The third-order valence-electron chi connectivity index (χ3n) is 6.15. The quantitative estimate of drug-likeness (QED) is 0.267. The van der Waals surface area contributed by atoms with Crippen LogP contribution in [-0.4, -0.2) is 30.8 Å². The molecule has 0 N–H and O–H groups in total. The molecule has 0 radical (unpaired) electrons. The van der Waals surface area contributed by atoms with Crippen LogP contribution < -0.4 is 9.47 Å². The number of hydrogen-bond donors (Lipinski definition) is 0. The van der Waals surface area contributed by atoms with E-state index in [0.29, 0.717) is 30.3 Å². The summed E-state index contributed by atoms with van der Waals surface area (Å²) in [6.07, 6.45) is 4.19. The fraction of sp³-hybridized carbons (Fsp3) is 0.500. The fourth-order valence-corrected chi connectivity index (χ4v) is 4.13. The Labute approximate surface area is 201 Å². The summed E-state index contributed by atoms with van der Waals surface area (Å²) in [5.74, 6) is 0.432. The van der Waals surface area contributed by atoms with Crippen LogP contribution in [0.1, 0.15) is 87.1 Å². The standard InChI is InChI=1S/C28H35FO5/c1-3-5-6-26(29)28(31)34-25-17-9-21(10-18-25)20-7-15-24(16-8-20)33-27(30)22-11-13-23(14-12-22)32-19-4-2/h7-8,11-16,21,25-26H,3-6,9-10,17-19H2,1-2H3/t21-,25-,26-/m0/s1. The lowest BCUT2D eigenvalue weighted by molar-refractivity contribution is -0.157. The molecule has 0 bridgehead atoms. The van der Waals surface area contributed by atoms with E-state index in [2.05, 4.69) is 0 Å². The van der Waals surface area contributed by atoms with Gasteiger partial charge in [-0.25, -0.2) is 14.0 Å². The van der Waals surface area contributed by atoms with Gasteiger partial charge in [-0.15, -0.1) is 0 Å². The first-order valence-corrected chi connectivity index (χ1v) is 12.4. The average Bonchev–Trinajstić information content (AvgIpc) is 2.87. The highest BCUT2D eigenvalue weighted by atomic mass is 19.1. The van der Waals surface area contributed by atoms with E-state index in [-0.39, 0.29) is 12.5 Å². The number of esters is 2. The summed E-state index contributed by atoms with van der Waals surface area (Å²) < 4.78 is 30.3. The number of unbranched alkanes of at least 4 members (excludes halogenated alkanes) is 1. The molecule has 3 rings (SSSR count). The average molecular weight is 471 g/mol. The van der Waals surface area contributed by atoms with Crippen molar-refractivity contribution in [1.82, 2.24) is 0 Å². The Kier molecular flexibility index (Phi) is 9.92. The highest BCUT2D eigenvalue weighted by molar-refractivity contribution is 5.91. The van der Waals surface area contributed by atoms with Crippen molar-refractivity contribution < 1.29 is 28.2 Å². The van der Waals surface area contributed by atoms with Gasteiger partial charge in [-0.2, -0.15) is 0 Å². The van der Waals surface area contributed by atoms with E-state index in [1.807, 2.05) is 26.0 Å². The van der Waals surface area contributed by atoms with Gasteiger partial charge in [-0.05, 0) is 86.4 Å². The predicted octanol–water partition coefficient (Wildman–Crippen LogP) is 6.79. The molecule has 5 nitrogen and oxygen atoms in total. The van der Waals surface area contributed by atoms with Gasteiger partial charge >= 0.3 is 11.9 Å². The van der Waals surface area contributed by atoms with E-state index in [1.54, 1.807) is 36.4 Å². The van der Waals surface area contributed by atoms with Crippen LogP contribution in [0.25, 0.3) is 0 Å². The Morgan fingerprint density at radius 2 is 1.56 bits per heavy atom. The first kappa shape index (κ1) is 25.7. The molecule has 2 aromatic carbocycles. The first-order chi connectivity index (χ1) is 16.5. The van der Waals surface area contributed by atoms with Crippen LogP contribution in [0.2, 0.25) is 0 Å². The van der Waals surface area contributed by atoms with Gasteiger partial charge in [0.1, 0.15) is 17.6 Å². The van der Waals surface area contributed by atoms with Gasteiger partial charge in [0.05, 0.1) is 12.2 Å². The van der Waals surface area contributed by atoms with Gasteiger partial charge in [-0.3, -0.25) is 0 Å². The number of carbonyl (C=O) groups is 2. The van der Waals surface area contributed by atoms with E-state index < -0.39 is 18.1 Å². The maximum Gasteiger partial charge on any atom is 0.343 e. The van der Waals surface area contributed by atoms with Gasteiger partial charge in [-0.1, -0.05) is 38.8 Å². The van der Waals surface area contributed by atoms with Crippen molar-refractivity contribution in [3.05, 3.63) is 59.7 Å². The fourth-order valence-electron chi connectivity index (χ4n) is 4.13. The van der Waals surface area contributed by atoms with E-state index >= 15 is 0 Å². The molecule has 0 heterocycles. The lowest BCUT2D eigenvalue weighted by Gasteiger charge is -2.29. The van der Waals surface area contributed by atoms with E-state index in [1.165, 1.54) is 0 Å². The van der Waals surface area contributed by atoms with Crippen LogP contribution in [0.5, 0.6) is 11.5 Å². The number of benzene rings is 2. The van der Waals surface area contributed by atoms with Crippen molar-refractivity contribution in [2.24, 2.45) is 0 Å². The molecule has 1 saturated carbocycles. The minimum absolute atomic E-state index is 0.206. The first-order valence-electron chi connectivity index (χ1n) is 12.4. The second-order valence-corrected chi connectivity index (χ2v) is 8.85. The van der Waals surface area contributed by atoms with Crippen LogP contribution in [0.4, 0.5) is 4.39 Å². The Balaban J connectivity index is 1.46. The van der Waals surface area contributed by atoms with Crippen LogP contribution in [0, 0.1) is 0 Å². The minimum Gasteiger partial charge on any atom is -0.494 e. The topological polar surface area (TPSA) is 61.8 Å². The van der Waals surface area contributed by atoms with E-state index in [4.69, 9.17) is 14.2 Å². The Morgan fingerprint density at radius 1 is 0.912 bits per heavy atom. The summed E-state index contributed by atoms with van der Waals surface area (Å²) >= 11 is 0. The Morgan fingerprint density at radius 3 is 2.18 bits per heavy atom. The van der Waals surface area contributed by atoms with Gasteiger partial charge < -0.3 is 14.2 Å². The molecule has 1 atom stereocenters. The van der Waals surface area contributed by atoms with Crippen LogP contribution in [0.15, 0.2) is 48.5 Å². The maximum atomic E-state index is 13.9. The Hall–Kier alpha value is -2.89. The van der Waals surface area contributed by atoms with Crippen molar-refractivity contribution in [2.45, 2.75) is 83.4 Å². The third kappa shape index (κ3) is 7.57. The number of alkyl halides is 1. The van der Waals surface area contributed by atoms with Crippen molar-refractivity contribution in [2.75, 3.05) is 6.61 Å². The summed E-state index contributed by atoms with van der Waals surface area (Å²) in [5, 5.41) is 0. The molecule has 0 aliphatic heterocycles. The van der Waals surface area contributed by atoms with Crippen molar-refractivity contribution >= 4 is 11.9 Å². The monoisotopic (exact) mass is 470 g/mol. The molecule has 1 fully saturated rings. The summed E-state index contributed by atoms with van der Waals surface area (Å²) in [4.78, 5) is 24.3. The predicted molar refractivity (Wildman–Crippen MR) is 129 cm³/mol. The molecule has 34 heavy (non-hydrogen) atoms. The summed E-state index contributed by atoms with van der Waals surface area (Å²) in [6, 6.07) is 14.5. The zero-order valence-electron chi connectivity index (χ0n) is 20.1. The normalized spacial score (nSPS) is 18.7. The molecule has 0 spiro atoms. The smallest absolute Gasteiger partial charge is 0.343 e. The largest absolute Gasteiger partial charge is 0.494 e. The zero-order valence-corrected chi connectivity index (χ0v) is 20.1. The molecule has 0 saturated heterocycles. The van der Waals surface area contributed by atoms with Crippen LogP contribution in [0.3, 0.4) is 0 Å². The molecule has 0 aromatic heterocycles. The molecule has 6 heteroatoms. The highest BCUT2D eigenvalue weighted by Crippen LogP contribution is 2.35. The molecule has 2 aromatic rings. The summed E-state index contributed by atoms with van der Waals surface area (Å²) in [7, 11) is 0. The second kappa shape index (κ2) is 13.1. The van der Waals surface area contributed by atoms with Gasteiger partial charge in [0, 0.05) is 0 Å². The third-order valence-corrected chi connectivity index (χ3v) is 6.15. The van der Waals surface area contributed by atoms with Crippen LogP contribution in [-0.2, 0) is 9.53 Å². The molecule has 184 valence electrons. The number of hydrogen-bond acceptors (Lipinski definition) is 5. The molecule has 1 aliphatic carbocycles. The number of carbonyl (C=O) groups excluding carboxylic acids is 2. The number of halogens is 1. The van der Waals surface area contributed by atoms with E-state index in [0.717, 1.165) is 49.8 Å². The molecule has 0 amide bonds. The van der Waals surface area contributed by atoms with Gasteiger partial charge in [0.2, 0.25) is 0 Å². The van der Waals surface area contributed by atoms with Crippen molar-refractivity contribution in [3.63, 3.8) is 0 Å². The lowest BCUT2D eigenvalue weighted by atomic mass is 9.83. The van der Waals surface area contributed by atoms with Crippen molar-refractivity contribution in [1.29, 1.82) is 0 Å². The summed E-state index contributed by atoms with van der Waals surface area (Å²) in [6.45, 7) is 4.65. The van der Waals surface area contributed by atoms with Crippen molar-refractivity contribution in [3.8, 4) is 11.5 Å². The molecular weight excluding hydrogens is 435 g/mol. The minimum atomic E-state index is -1.51. The molecule has 1 aliphatic rings. The second-order valence-electron chi connectivity index (χ2n) is 8.85. The highest BCUT2D eigenvalue weighted by Gasteiger charge is 2.27. The summed E-state index contributed by atoms with van der Waals surface area (Å²) in [5.41, 5.74) is 1.62.